The molecule has 1 aromatic carbocycles. The van der Waals surface area contributed by atoms with Gasteiger partial charge in [0, 0.05) is 12.1 Å². The molecule has 7 heteroatoms. The predicted octanol–water partition coefficient (Wildman–Crippen LogP) is 1.79. The van der Waals surface area contributed by atoms with Gasteiger partial charge in [0.1, 0.15) is 11.7 Å². The van der Waals surface area contributed by atoms with E-state index in [0.717, 1.165) is 12.0 Å². The lowest BCUT2D eigenvalue weighted by Gasteiger charge is -2.21. The molecule has 0 saturated heterocycles. The summed E-state index contributed by atoms with van der Waals surface area (Å²) in [6, 6.07) is 8.43. The summed E-state index contributed by atoms with van der Waals surface area (Å²) in [4.78, 5) is 33.0. The zero-order valence-corrected chi connectivity index (χ0v) is 15.8. The van der Waals surface area contributed by atoms with Gasteiger partial charge in [0.25, 0.3) is 5.91 Å². The Kier molecular flexibility index (Phi) is 7.43. The summed E-state index contributed by atoms with van der Waals surface area (Å²) in [5.41, 5.74) is 1.62. The first-order chi connectivity index (χ1) is 12.9. The van der Waals surface area contributed by atoms with E-state index >= 15 is 0 Å². The summed E-state index contributed by atoms with van der Waals surface area (Å²) >= 11 is 0. The Labute approximate surface area is 159 Å². The van der Waals surface area contributed by atoms with E-state index in [9.17, 15) is 14.7 Å². The van der Waals surface area contributed by atoms with Crippen LogP contribution in [0.15, 0.2) is 42.7 Å². The molecule has 0 fully saturated rings. The molecule has 144 valence electrons. The number of hydrogen-bond donors (Lipinski definition) is 3. The maximum atomic E-state index is 12.4. The van der Waals surface area contributed by atoms with E-state index < -0.39 is 24.0 Å². The minimum atomic E-state index is -1.06. The largest absolute Gasteiger partial charge is 0.391 e. The van der Waals surface area contributed by atoms with Gasteiger partial charge >= 0.3 is 0 Å². The third-order valence-corrected chi connectivity index (χ3v) is 4.03. The van der Waals surface area contributed by atoms with Gasteiger partial charge < -0.3 is 15.7 Å². The van der Waals surface area contributed by atoms with Crippen LogP contribution in [0.5, 0.6) is 0 Å². The van der Waals surface area contributed by atoms with Crippen LogP contribution in [0.3, 0.4) is 0 Å². The highest BCUT2D eigenvalue weighted by Crippen LogP contribution is 2.14. The molecule has 0 unspecified atom stereocenters. The number of amides is 2. The number of nitrogens with one attached hydrogen (secondary N) is 2. The summed E-state index contributed by atoms with van der Waals surface area (Å²) < 4.78 is 0. The minimum Gasteiger partial charge on any atom is -0.391 e. The van der Waals surface area contributed by atoms with Gasteiger partial charge in [0.2, 0.25) is 5.91 Å². The summed E-state index contributed by atoms with van der Waals surface area (Å²) in [6.45, 7) is 6.05. The Morgan fingerprint density at radius 2 is 1.78 bits per heavy atom. The van der Waals surface area contributed by atoms with Crippen molar-refractivity contribution in [2.45, 2.75) is 39.3 Å². The molecule has 2 aromatic rings. The Morgan fingerprint density at radius 1 is 1.07 bits per heavy atom. The molecule has 27 heavy (non-hydrogen) atoms. The Balaban J connectivity index is 2.01. The van der Waals surface area contributed by atoms with Crippen molar-refractivity contribution in [1.29, 1.82) is 0 Å². The molecule has 0 saturated carbocycles. The van der Waals surface area contributed by atoms with Crippen molar-refractivity contribution in [2.24, 2.45) is 5.92 Å². The third kappa shape index (κ3) is 6.14. The molecule has 1 aromatic heterocycles. The van der Waals surface area contributed by atoms with Crippen LogP contribution < -0.4 is 10.6 Å². The molecule has 0 radical (unpaired) electrons. The number of aliphatic hydroxyl groups is 1. The number of carbonyl (C=O) groups is 2. The van der Waals surface area contributed by atoms with E-state index in [1.807, 2.05) is 30.3 Å². The van der Waals surface area contributed by atoms with Crippen LogP contribution in [0.25, 0.3) is 11.3 Å². The van der Waals surface area contributed by atoms with E-state index in [1.165, 1.54) is 19.3 Å². The molecule has 3 N–H and O–H groups in total. The number of rotatable bonds is 8. The van der Waals surface area contributed by atoms with Crippen molar-refractivity contribution in [3.8, 4) is 11.3 Å². The SMILES string of the molecule is CC(C)CCNC(=O)[C@@H](NC(=O)c1cnc(-c2ccccc2)cn1)[C@@H](C)O. The molecule has 2 amide bonds. The second-order valence-corrected chi connectivity index (χ2v) is 6.82. The van der Waals surface area contributed by atoms with Gasteiger partial charge in [-0.1, -0.05) is 44.2 Å². The van der Waals surface area contributed by atoms with Gasteiger partial charge in [-0.2, -0.15) is 0 Å². The number of hydrogen-bond acceptors (Lipinski definition) is 5. The molecule has 7 nitrogen and oxygen atoms in total. The minimum absolute atomic E-state index is 0.0790. The van der Waals surface area contributed by atoms with Crippen LogP contribution in [-0.2, 0) is 4.79 Å². The van der Waals surface area contributed by atoms with Crippen molar-refractivity contribution < 1.29 is 14.7 Å². The maximum Gasteiger partial charge on any atom is 0.272 e. The normalized spacial score (nSPS) is 13.1. The van der Waals surface area contributed by atoms with Crippen molar-refractivity contribution in [3.05, 3.63) is 48.4 Å². The Bertz CT molecular complexity index is 746. The molecule has 0 aliphatic carbocycles. The van der Waals surface area contributed by atoms with E-state index in [1.54, 1.807) is 0 Å². The van der Waals surface area contributed by atoms with Gasteiger partial charge in [-0.15, -0.1) is 0 Å². The van der Waals surface area contributed by atoms with Gasteiger partial charge in [0.05, 0.1) is 24.2 Å². The molecular formula is C20H26N4O3. The van der Waals surface area contributed by atoms with E-state index in [4.69, 9.17) is 0 Å². The molecule has 0 spiro atoms. The van der Waals surface area contributed by atoms with Gasteiger partial charge in [-0.3, -0.25) is 14.6 Å². The quantitative estimate of drug-likeness (QED) is 0.657. The average molecular weight is 370 g/mol. The number of benzene rings is 1. The highest BCUT2D eigenvalue weighted by atomic mass is 16.3. The van der Waals surface area contributed by atoms with Crippen molar-refractivity contribution in [2.75, 3.05) is 6.54 Å². The molecule has 2 atom stereocenters. The fourth-order valence-corrected chi connectivity index (χ4v) is 2.42. The lowest BCUT2D eigenvalue weighted by atomic mass is 10.1. The standard InChI is InChI=1S/C20H26N4O3/c1-13(2)9-10-21-20(27)18(14(3)25)24-19(26)17-12-22-16(11-23-17)15-7-5-4-6-8-15/h4-8,11-14,18,25H,9-10H2,1-3H3,(H,21,27)(H,24,26)/t14-,18+/m1/s1. The summed E-state index contributed by atoms with van der Waals surface area (Å²) in [7, 11) is 0. The summed E-state index contributed by atoms with van der Waals surface area (Å²) in [6.07, 6.45) is 2.64. The first kappa shape index (κ1) is 20.5. The fourth-order valence-electron chi connectivity index (χ4n) is 2.42. The Hall–Kier alpha value is -2.80. The number of nitrogens with zero attached hydrogens (tertiary/aromatic N) is 2. The second-order valence-electron chi connectivity index (χ2n) is 6.82. The molecule has 2 rings (SSSR count). The topological polar surface area (TPSA) is 104 Å². The van der Waals surface area contributed by atoms with Crippen LogP contribution in [-0.4, -0.2) is 45.6 Å². The van der Waals surface area contributed by atoms with Crippen LogP contribution in [0.4, 0.5) is 0 Å². The first-order valence-electron chi connectivity index (χ1n) is 9.02. The number of carbonyl (C=O) groups excluding carboxylic acids is 2. The maximum absolute atomic E-state index is 12.4. The zero-order chi connectivity index (χ0) is 19.8. The second kappa shape index (κ2) is 9.78. The smallest absolute Gasteiger partial charge is 0.272 e. The number of aromatic nitrogens is 2. The van der Waals surface area contributed by atoms with Gasteiger partial charge in [-0.25, -0.2) is 4.98 Å². The van der Waals surface area contributed by atoms with E-state index in [-0.39, 0.29) is 5.69 Å². The fraction of sp³-hybridized carbons (Fsp3) is 0.400. The molecular weight excluding hydrogens is 344 g/mol. The van der Waals surface area contributed by atoms with Crippen molar-refractivity contribution >= 4 is 11.8 Å². The van der Waals surface area contributed by atoms with Crippen LogP contribution in [0.2, 0.25) is 0 Å². The van der Waals surface area contributed by atoms with Crippen molar-refractivity contribution in [1.82, 2.24) is 20.6 Å². The average Bonchev–Trinajstić information content (AvgIpc) is 2.66. The molecule has 0 aliphatic heterocycles. The molecule has 0 aliphatic rings. The van der Waals surface area contributed by atoms with Gasteiger partial charge in [0.15, 0.2) is 0 Å². The van der Waals surface area contributed by atoms with Crippen LogP contribution >= 0.6 is 0 Å². The lowest BCUT2D eigenvalue weighted by molar-refractivity contribution is -0.125. The third-order valence-electron chi connectivity index (χ3n) is 4.03. The summed E-state index contributed by atoms with van der Waals surface area (Å²) in [5, 5.41) is 15.1. The highest BCUT2D eigenvalue weighted by Gasteiger charge is 2.26. The highest BCUT2D eigenvalue weighted by molar-refractivity contribution is 5.96. The number of aliphatic hydroxyl groups excluding tert-OH is 1. The molecule has 0 bridgehead atoms. The van der Waals surface area contributed by atoms with Crippen LogP contribution in [0.1, 0.15) is 37.7 Å². The first-order valence-corrected chi connectivity index (χ1v) is 9.02. The zero-order valence-electron chi connectivity index (χ0n) is 15.8. The summed E-state index contributed by atoms with van der Waals surface area (Å²) in [5.74, 6) is -0.539. The van der Waals surface area contributed by atoms with E-state index in [2.05, 4.69) is 34.4 Å². The van der Waals surface area contributed by atoms with Gasteiger partial charge in [-0.05, 0) is 19.3 Å². The lowest BCUT2D eigenvalue weighted by Crippen LogP contribution is -2.52. The van der Waals surface area contributed by atoms with Crippen LogP contribution in [0, 0.1) is 5.92 Å². The van der Waals surface area contributed by atoms with E-state index in [0.29, 0.717) is 18.2 Å². The predicted molar refractivity (Wildman–Crippen MR) is 103 cm³/mol. The monoisotopic (exact) mass is 370 g/mol. The molecule has 1 heterocycles. The van der Waals surface area contributed by atoms with Crippen molar-refractivity contribution in [3.63, 3.8) is 0 Å². The Morgan fingerprint density at radius 3 is 2.33 bits per heavy atom.